The van der Waals surface area contributed by atoms with Crippen LogP contribution in [-0.2, 0) is 9.59 Å². The maximum absolute atomic E-state index is 12.9. The van der Waals surface area contributed by atoms with E-state index in [1.165, 1.54) is 0 Å². The van der Waals surface area contributed by atoms with Gasteiger partial charge in [0.25, 0.3) is 0 Å². The van der Waals surface area contributed by atoms with Crippen LogP contribution in [0.5, 0.6) is 0 Å². The zero-order valence-corrected chi connectivity index (χ0v) is 13.6. The fraction of sp³-hybridized carbons (Fsp3) is 0.882. The van der Waals surface area contributed by atoms with Crippen molar-refractivity contribution in [1.82, 2.24) is 10.2 Å². The van der Waals surface area contributed by atoms with Crippen LogP contribution >= 0.6 is 0 Å². The van der Waals surface area contributed by atoms with E-state index in [4.69, 9.17) is 0 Å². The van der Waals surface area contributed by atoms with Gasteiger partial charge in [0.2, 0.25) is 11.8 Å². The zero-order chi connectivity index (χ0) is 15.3. The summed E-state index contributed by atoms with van der Waals surface area (Å²) in [6.45, 7) is 7.31. The summed E-state index contributed by atoms with van der Waals surface area (Å²) in [6, 6.07) is -0.247. The van der Waals surface area contributed by atoms with Crippen LogP contribution in [0.4, 0.5) is 0 Å². The fourth-order valence-electron chi connectivity index (χ4n) is 3.82. The molecule has 1 N–H and O–H groups in total. The highest BCUT2D eigenvalue weighted by Gasteiger charge is 2.56. The molecule has 1 atom stereocenters. The van der Waals surface area contributed by atoms with Gasteiger partial charge in [0.05, 0.1) is 0 Å². The minimum atomic E-state index is -0.534. The van der Waals surface area contributed by atoms with E-state index in [1.807, 2.05) is 4.90 Å². The predicted molar refractivity (Wildman–Crippen MR) is 81.6 cm³/mol. The van der Waals surface area contributed by atoms with Crippen molar-refractivity contribution in [1.29, 1.82) is 0 Å². The fourth-order valence-corrected chi connectivity index (χ4v) is 3.82. The number of hydrogen-bond acceptors (Lipinski definition) is 2. The summed E-state index contributed by atoms with van der Waals surface area (Å²) in [7, 11) is 0. The van der Waals surface area contributed by atoms with Crippen molar-refractivity contribution in [2.24, 2.45) is 11.3 Å². The molecule has 3 aliphatic rings. The first-order chi connectivity index (χ1) is 9.83. The monoisotopic (exact) mass is 292 g/mol. The molecule has 118 valence electrons. The van der Waals surface area contributed by atoms with Crippen LogP contribution in [-0.4, -0.2) is 34.8 Å². The maximum Gasteiger partial charge on any atom is 0.246 e. The molecule has 1 aliphatic heterocycles. The molecule has 3 fully saturated rings. The highest BCUT2D eigenvalue weighted by atomic mass is 16.2. The molecule has 3 rings (SSSR count). The molecule has 2 aliphatic carbocycles. The van der Waals surface area contributed by atoms with E-state index in [9.17, 15) is 9.59 Å². The number of carbonyl (C=O) groups is 2. The number of piperazine rings is 1. The standard InChI is InChI=1S/C17H28N2O2/c1-16(2,3)10-11-19-14(20)13(12-6-7-12)18-15(21)17(19)8-4-5-9-17/h12-13H,4-11H2,1-3H3,(H,18,21). The highest BCUT2D eigenvalue weighted by molar-refractivity contribution is 6.00. The first-order valence-corrected chi connectivity index (χ1v) is 8.46. The van der Waals surface area contributed by atoms with E-state index in [1.54, 1.807) is 0 Å². The van der Waals surface area contributed by atoms with Gasteiger partial charge >= 0.3 is 0 Å². The van der Waals surface area contributed by atoms with Gasteiger partial charge in [0.15, 0.2) is 0 Å². The van der Waals surface area contributed by atoms with E-state index in [-0.39, 0.29) is 23.3 Å². The van der Waals surface area contributed by atoms with Gasteiger partial charge in [-0.2, -0.15) is 0 Å². The molecular formula is C17H28N2O2. The summed E-state index contributed by atoms with van der Waals surface area (Å²) in [5.41, 5.74) is -0.350. The quantitative estimate of drug-likeness (QED) is 0.868. The second-order valence-corrected chi connectivity index (χ2v) is 8.33. The Morgan fingerprint density at radius 2 is 1.81 bits per heavy atom. The Bertz CT molecular complexity index is 442. The summed E-state index contributed by atoms with van der Waals surface area (Å²) >= 11 is 0. The smallest absolute Gasteiger partial charge is 0.246 e. The van der Waals surface area contributed by atoms with Crippen molar-refractivity contribution in [2.45, 2.75) is 77.3 Å². The molecule has 2 amide bonds. The van der Waals surface area contributed by atoms with Crippen LogP contribution < -0.4 is 5.32 Å². The molecule has 0 bridgehead atoms. The van der Waals surface area contributed by atoms with Gasteiger partial charge in [-0.3, -0.25) is 9.59 Å². The topological polar surface area (TPSA) is 49.4 Å². The summed E-state index contributed by atoms with van der Waals surface area (Å²) in [4.78, 5) is 27.6. The molecule has 0 radical (unpaired) electrons. The van der Waals surface area contributed by atoms with E-state index >= 15 is 0 Å². The van der Waals surface area contributed by atoms with Crippen LogP contribution in [0.2, 0.25) is 0 Å². The van der Waals surface area contributed by atoms with Gasteiger partial charge in [0, 0.05) is 6.54 Å². The number of nitrogens with zero attached hydrogens (tertiary/aromatic N) is 1. The van der Waals surface area contributed by atoms with Crippen molar-refractivity contribution in [2.75, 3.05) is 6.54 Å². The largest absolute Gasteiger partial charge is 0.342 e. The van der Waals surface area contributed by atoms with E-state index < -0.39 is 5.54 Å². The van der Waals surface area contributed by atoms with Crippen molar-refractivity contribution >= 4 is 11.8 Å². The average molecular weight is 292 g/mol. The minimum absolute atomic E-state index is 0.116. The van der Waals surface area contributed by atoms with Gasteiger partial charge in [-0.25, -0.2) is 0 Å². The molecule has 4 heteroatoms. The van der Waals surface area contributed by atoms with Crippen molar-refractivity contribution in [3.63, 3.8) is 0 Å². The lowest BCUT2D eigenvalue weighted by molar-refractivity contribution is -0.158. The summed E-state index contributed by atoms with van der Waals surface area (Å²) in [5.74, 6) is 0.686. The molecule has 2 saturated carbocycles. The molecular weight excluding hydrogens is 264 g/mol. The first-order valence-electron chi connectivity index (χ1n) is 8.46. The number of amides is 2. The Morgan fingerprint density at radius 3 is 2.33 bits per heavy atom. The van der Waals surface area contributed by atoms with Crippen LogP contribution in [0.25, 0.3) is 0 Å². The molecule has 1 unspecified atom stereocenters. The molecule has 0 aromatic heterocycles. The van der Waals surface area contributed by atoms with Gasteiger partial charge in [0.1, 0.15) is 11.6 Å². The predicted octanol–water partition coefficient (Wildman–Crippen LogP) is 2.47. The number of hydrogen-bond donors (Lipinski definition) is 1. The lowest BCUT2D eigenvalue weighted by Gasteiger charge is -2.47. The third-order valence-electron chi connectivity index (χ3n) is 5.37. The normalized spacial score (nSPS) is 29.1. The maximum atomic E-state index is 12.9. The molecule has 1 spiro atoms. The van der Waals surface area contributed by atoms with Crippen molar-refractivity contribution in [3.8, 4) is 0 Å². The summed E-state index contributed by atoms with van der Waals surface area (Å²) in [5, 5.41) is 3.06. The van der Waals surface area contributed by atoms with Crippen LogP contribution in [0.15, 0.2) is 0 Å². The third kappa shape index (κ3) is 2.69. The SMILES string of the molecule is CC(C)(C)CCN1C(=O)C(C2CC2)NC(=O)C12CCCC2. The third-order valence-corrected chi connectivity index (χ3v) is 5.37. The molecule has 4 nitrogen and oxygen atoms in total. The first kappa shape index (κ1) is 14.9. The summed E-state index contributed by atoms with van der Waals surface area (Å²) < 4.78 is 0. The lowest BCUT2D eigenvalue weighted by Crippen LogP contribution is -2.70. The Labute approximate surface area is 127 Å². The average Bonchev–Trinajstić information content (AvgIpc) is 3.11. The minimum Gasteiger partial charge on any atom is -0.342 e. The molecule has 0 aromatic carbocycles. The van der Waals surface area contributed by atoms with Crippen LogP contribution in [0.3, 0.4) is 0 Å². The Hall–Kier alpha value is -1.06. The van der Waals surface area contributed by atoms with Crippen LogP contribution in [0.1, 0.15) is 65.7 Å². The van der Waals surface area contributed by atoms with E-state index in [0.717, 1.165) is 51.5 Å². The molecule has 1 saturated heterocycles. The van der Waals surface area contributed by atoms with Gasteiger partial charge in [-0.05, 0) is 43.4 Å². The van der Waals surface area contributed by atoms with Crippen LogP contribution in [0, 0.1) is 11.3 Å². The van der Waals surface area contributed by atoms with Gasteiger partial charge < -0.3 is 10.2 Å². The van der Waals surface area contributed by atoms with E-state index in [0.29, 0.717) is 5.92 Å². The summed E-state index contributed by atoms with van der Waals surface area (Å²) in [6.07, 6.45) is 6.90. The Kier molecular flexibility index (Phi) is 3.53. The number of nitrogens with one attached hydrogen (secondary N) is 1. The van der Waals surface area contributed by atoms with Gasteiger partial charge in [-0.1, -0.05) is 33.6 Å². The van der Waals surface area contributed by atoms with Crippen molar-refractivity contribution < 1.29 is 9.59 Å². The van der Waals surface area contributed by atoms with Crippen molar-refractivity contribution in [3.05, 3.63) is 0 Å². The molecule has 21 heavy (non-hydrogen) atoms. The van der Waals surface area contributed by atoms with Gasteiger partial charge in [-0.15, -0.1) is 0 Å². The number of carbonyl (C=O) groups excluding carboxylic acids is 2. The zero-order valence-electron chi connectivity index (χ0n) is 13.6. The molecule has 0 aromatic rings. The number of rotatable bonds is 3. The highest BCUT2D eigenvalue weighted by Crippen LogP contribution is 2.42. The Balaban J connectivity index is 1.84. The lowest BCUT2D eigenvalue weighted by atomic mass is 9.86. The van der Waals surface area contributed by atoms with E-state index in [2.05, 4.69) is 26.1 Å². The Morgan fingerprint density at radius 1 is 1.19 bits per heavy atom. The second-order valence-electron chi connectivity index (χ2n) is 8.33. The molecule has 1 heterocycles. The second kappa shape index (κ2) is 4.99.